The van der Waals surface area contributed by atoms with Crippen molar-refractivity contribution in [2.24, 2.45) is 0 Å². The standard InChI is InChI=1S/C12H13N5O2/c1-2-8-12(19)16-9(18)6-17(8)11-10(14)7(5-13)3-4-15-11/h3-4,8H,2,6,14H2,1H3,(H,16,18,19). The van der Waals surface area contributed by atoms with Crippen LogP contribution in [0.4, 0.5) is 11.5 Å². The molecular weight excluding hydrogens is 246 g/mol. The summed E-state index contributed by atoms with van der Waals surface area (Å²) in [4.78, 5) is 28.9. The third-order valence-corrected chi connectivity index (χ3v) is 3.00. The zero-order valence-corrected chi connectivity index (χ0v) is 10.4. The van der Waals surface area contributed by atoms with Crippen molar-refractivity contribution in [2.75, 3.05) is 17.2 Å². The van der Waals surface area contributed by atoms with Gasteiger partial charge in [0.1, 0.15) is 12.1 Å². The van der Waals surface area contributed by atoms with Gasteiger partial charge >= 0.3 is 0 Å². The minimum absolute atomic E-state index is 0.00364. The molecule has 1 aliphatic rings. The lowest BCUT2D eigenvalue weighted by molar-refractivity contribution is -0.132. The maximum atomic E-state index is 11.8. The van der Waals surface area contributed by atoms with Gasteiger partial charge in [0.2, 0.25) is 11.8 Å². The molecule has 1 aliphatic heterocycles. The summed E-state index contributed by atoms with van der Waals surface area (Å²) in [5.74, 6) is -0.477. The molecule has 2 rings (SSSR count). The largest absolute Gasteiger partial charge is 0.395 e. The molecule has 98 valence electrons. The summed E-state index contributed by atoms with van der Waals surface area (Å²) in [6.07, 6.45) is 1.95. The van der Waals surface area contributed by atoms with Crippen LogP contribution in [-0.4, -0.2) is 29.4 Å². The molecule has 2 amide bonds. The van der Waals surface area contributed by atoms with Gasteiger partial charge in [0.25, 0.3) is 0 Å². The van der Waals surface area contributed by atoms with Crippen molar-refractivity contribution in [1.29, 1.82) is 5.26 Å². The first-order chi connectivity index (χ1) is 9.08. The van der Waals surface area contributed by atoms with E-state index in [0.717, 1.165) is 0 Å². The Morgan fingerprint density at radius 2 is 2.37 bits per heavy atom. The Kier molecular flexibility index (Phi) is 3.33. The number of pyridine rings is 1. The van der Waals surface area contributed by atoms with Crippen molar-refractivity contribution in [3.63, 3.8) is 0 Å². The minimum Gasteiger partial charge on any atom is -0.395 e. The summed E-state index contributed by atoms with van der Waals surface area (Å²) in [7, 11) is 0. The van der Waals surface area contributed by atoms with E-state index in [1.807, 2.05) is 13.0 Å². The molecule has 7 heteroatoms. The Hall–Kier alpha value is -2.62. The SMILES string of the molecule is CCC1C(=O)NC(=O)CN1c1nccc(C#N)c1N. The Morgan fingerprint density at radius 3 is 3.00 bits per heavy atom. The van der Waals surface area contributed by atoms with Crippen molar-refractivity contribution in [2.45, 2.75) is 19.4 Å². The quantitative estimate of drug-likeness (QED) is 0.710. The molecule has 1 fully saturated rings. The van der Waals surface area contributed by atoms with E-state index in [1.54, 1.807) is 0 Å². The predicted octanol–water partition coefficient (Wildman–Crippen LogP) is -0.223. The molecule has 3 N–H and O–H groups in total. The Bertz CT molecular complexity index is 578. The van der Waals surface area contributed by atoms with Crippen LogP contribution in [0.15, 0.2) is 12.3 Å². The molecule has 1 saturated heterocycles. The Morgan fingerprint density at radius 1 is 1.63 bits per heavy atom. The maximum Gasteiger partial charge on any atom is 0.249 e. The van der Waals surface area contributed by atoms with E-state index in [1.165, 1.54) is 17.2 Å². The molecule has 1 atom stereocenters. The average Bonchev–Trinajstić information content (AvgIpc) is 2.38. The predicted molar refractivity (Wildman–Crippen MR) is 67.9 cm³/mol. The van der Waals surface area contributed by atoms with Crippen LogP contribution in [-0.2, 0) is 9.59 Å². The number of aromatic nitrogens is 1. The topological polar surface area (TPSA) is 112 Å². The van der Waals surface area contributed by atoms with E-state index in [-0.39, 0.29) is 23.7 Å². The summed E-state index contributed by atoms with van der Waals surface area (Å²) >= 11 is 0. The highest BCUT2D eigenvalue weighted by molar-refractivity contribution is 6.05. The molecule has 1 aromatic rings. The second-order valence-electron chi connectivity index (χ2n) is 4.17. The van der Waals surface area contributed by atoms with Gasteiger partial charge in [0, 0.05) is 6.20 Å². The van der Waals surface area contributed by atoms with Gasteiger partial charge in [-0.1, -0.05) is 6.92 Å². The lowest BCUT2D eigenvalue weighted by Crippen LogP contribution is -2.58. The normalized spacial score (nSPS) is 18.9. The van der Waals surface area contributed by atoms with E-state index >= 15 is 0 Å². The molecule has 0 radical (unpaired) electrons. The molecular formula is C12H13N5O2. The van der Waals surface area contributed by atoms with Crippen molar-refractivity contribution in [1.82, 2.24) is 10.3 Å². The number of carbonyl (C=O) groups excluding carboxylic acids is 2. The number of nitrogens with zero attached hydrogens (tertiary/aromatic N) is 3. The highest BCUT2D eigenvalue weighted by atomic mass is 16.2. The summed E-state index contributed by atoms with van der Waals surface area (Å²) in [6, 6.07) is 2.93. The van der Waals surface area contributed by atoms with Crippen LogP contribution < -0.4 is 16.0 Å². The first-order valence-electron chi connectivity index (χ1n) is 5.83. The van der Waals surface area contributed by atoms with Crippen LogP contribution in [0.25, 0.3) is 0 Å². The number of hydrogen-bond donors (Lipinski definition) is 2. The van der Waals surface area contributed by atoms with Gasteiger partial charge in [-0.25, -0.2) is 4.98 Å². The number of nitrogen functional groups attached to an aromatic ring is 1. The third-order valence-electron chi connectivity index (χ3n) is 3.00. The van der Waals surface area contributed by atoms with Crippen LogP contribution in [0.2, 0.25) is 0 Å². The van der Waals surface area contributed by atoms with Crippen LogP contribution in [0, 0.1) is 11.3 Å². The molecule has 0 aromatic carbocycles. The van der Waals surface area contributed by atoms with Crippen LogP contribution in [0.5, 0.6) is 0 Å². The number of nitriles is 1. The molecule has 1 unspecified atom stereocenters. The fourth-order valence-electron chi connectivity index (χ4n) is 2.08. The first kappa shape index (κ1) is 12.8. The van der Waals surface area contributed by atoms with Gasteiger partial charge in [-0.15, -0.1) is 0 Å². The number of imide groups is 1. The number of piperazine rings is 1. The number of anilines is 2. The second kappa shape index (κ2) is 4.94. The summed E-state index contributed by atoms with van der Waals surface area (Å²) in [5, 5.41) is 11.2. The summed E-state index contributed by atoms with van der Waals surface area (Å²) in [5.41, 5.74) is 6.33. The van der Waals surface area contributed by atoms with Gasteiger partial charge in [-0.3, -0.25) is 14.9 Å². The molecule has 0 aliphatic carbocycles. The van der Waals surface area contributed by atoms with Gasteiger partial charge in [-0.05, 0) is 12.5 Å². The number of nitrogens with one attached hydrogen (secondary N) is 1. The number of rotatable bonds is 2. The monoisotopic (exact) mass is 259 g/mol. The van der Waals surface area contributed by atoms with Crippen LogP contribution >= 0.6 is 0 Å². The fraction of sp³-hybridized carbons (Fsp3) is 0.333. The molecule has 7 nitrogen and oxygen atoms in total. The summed E-state index contributed by atoms with van der Waals surface area (Å²) in [6.45, 7) is 1.83. The van der Waals surface area contributed by atoms with Gasteiger partial charge in [0.05, 0.1) is 17.8 Å². The minimum atomic E-state index is -0.513. The Balaban J connectivity index is 2.47. The fourth-order valence-corrected chi connectivity index (χ4v) is 2.08. The second-order valence-corrected chi connectivity index (χ2v) is 4.17. The average molecular weight is 259 g/mol. The van der Waals surface area contributed by atoms with E-state index in [2.05, 4.69) is 10.3 Å². The van der Waals surface area contributed by atoms with Crippen LogP contribution in [0.3, 0.4) is 0 Å². The lowest BCUT2D eigenvalue weighted by Gasteiger charge is -2.34. The Labute approximate surface area is 110 Å². The van der Waals surface area contributed by atoms with Crippen LogP contribution in [0.1, 0.15) is 18.9 Å². The van der Waals surface area contributed by atoms with E-state index in [9.17, 15) is 9.59 Å². The first-order valence-corrected chi connectivity index (χ1v) is 5.83. The smallest absolute Gasteiger partial charge is 0.249 e. The zero-order chi connectivity index (χ0) is 14.0. The molecule has 19 heavy (non-hydrogen) atoms. The van der Waals surface area contributed by atoms with E-state index < -0.39 is 11.9 Å². The van der Waals surface area contributed by atoms with Gasteiger partial charge < -0.3 is 10.6 Å². The highest BCUT2D eigenvalue weighted by Gasteiger charge is 2.34. The molecule has 0 saturated carbocycles. The van der Waals surface area contributed by atoms with Crippen molar-refractivity contribution >= 4 is 23.3 Å². The molecule has 2 heterocycles. The lowest BCUT2D eigenvalue weighted by atomic mass is 10.1. The number of nitrogens with two attached hydrogens (primary N) is 1. The van der Waals surface area contributed by atoms with E-state index in [4.69, 9.17) is 11.0 Å². The molecule has 0 bridgehead atoms. The third kappa shape index (κ3) is 2.20. The number of amides is 2. The highest BCUT2D eigenvalue weighted by Crippen LogP contribution is 2.27. The van der Waals surface area contributed by atoms with E-state index in [0.29, 0.717) is 12.2 Å². The van der Waals surface area contributed by atoms with Crippen molar-refractivity contribution in [3.8, 4) is 6.07 Å². The van der Waals surface area contributed by atoms with Crippen molar-refractivity contribution in [3.05, 3.63) is 17.8 Å². The summed E-state index contributed by atoms with van der Waals surface area (Å²) < 4.78 is 0. The molecule has 0 spiro atoms. The zero-order valence-electron chi connectivity index (χ0n) is 10.4. The van der Waals surface area contributed by atoms with Gasteiger partial charge in [0.15, 0.2) is 5.82 Å². The number of hydrogen-bond acceptors (Lipinski definition) is 6. The number of carbonyl (C=O) groups is 2. The van der Waals surface area contributed by atoms with Gasteiger partial charge in [-0.2, -0.15) is 5.26 Å². The maximum absolute atomic E-state index is 11.8. The van der Waals surface area contributed by atoms with Crippen molar-refractivity contribution < 1.29 is 9.59 Å². The molecule has 1 aromatic heterocycles.